The van der Waals surface area contributed by atoms with E-state index in [1.54, 1.807) is 7.11 Å². The molecule has 0 aliphatic carbocycles. The minimum Gasteiger partial charge on any atom is -0.497 e. The fourth-order valence-electron chi connectivity index (χ4n) is 3.14. The quantitative estimate of drug-likeness (QED) is 0.869. The van der Waals surface area contributed by atoms with Gasteiger partial charge in [-0.2, -0.15) is 0 Å². The number of morpholine rings is 1. The van der Waals surface area contributed by atoms with E-state index in [-0.39, 0.29) is 11.9 Å². The molecule has 0 aromatic heterocycles. The van der Waals surface area contributed by atoms with E-state index in [1.165, 1.54) is 10.5 Å². The fourth-order valence-corrected chi connectivity index (χ4v) is 3.14. The van der Waals surface area contributed by atoms with E-state index in [4.69, 9.17) is 9.47 Å². The fraction of sp³-hybridized carbons (Fsp3) is 0.350. The summed E-state index contributed by atoms with van der Waals surface area (Å²) >= 11 is 0. The number of methoxy groups -OCH3 is 1. The maximum atomic E-state index is 13.0. The van der Waals surface area contributed by atoms with E-state index in [0.29, 0.717) is 13.2 Å². The van der Waals surface area contributed by atoms with Crippen molar-refractivity contribution in [3.63, 3.8) is 0 Å². The van der Waals surface area contributed by atoms with Crippen LogP contribution in [0.3, 0.4) is 0 Å². The van der Waals surface area contributed by atoms with Crippen molar-refractivity contribution in [2.24, 2.45) is 0 Å². The van der Waals surface area contributed by atoms with Gasteiger partial charge in [0.25, 0.3) is 5.91 Å². The van der Waals surface area contributed by atoms with Gasteiger partial charge in [0.2, 0.25) is 0 Å². The first-order valence-electron chi connectivity index (χ1n) is 8.61. The Kier molecular flexibility index (Phi) is 5.68. The number of nitrogens with one attached hydrogen (secondary N) is 2. The summed E-state index contributed by atoms with van der Waals surface area (Å²) in [5.41, 5.74) is 3.00. The molecular formula is C20H25N2O3+. The average molecular weight is 341 g/mol. The van der Waals surface area contributed by atoms with E-state index < -0.39 is 0 Å². The van der Waals surface area contributed by atoms with Crippen LogP contribution < -0.4 is 15.0 Å². The second-order valence-electron chi connectivity index (χ2n) is 6.33. The number of carbonyl (C=O) groups is 1. The number of rotatable bonds is 5. The predicted octanol–water partition coefficient (Wildman–Crippen LogP) is 1.60. The van der Waals surface area contributed by atoms with Crippen LogP contribution >= 0.6 is 0 Å². The van der Waals surface area contributed by atoms with Crippen molar-refractivity contribution in [2.45, 2.75) is 13.0 Å². The SMILES string of the molecule is COc1ccc(NC(=O)C(c2ccc(C)cc2)[NH+]2CCOCC2)cc1. The first-order chi connectivity index (χ1) is 12.2. The normalized spacial score (nSPS) is 16.2. The van der Waals surface area contributed by atoms with Crippen LogP contribution in [-0.2, 0) is 9.53 Å². The summed E-state index contributed by atoms with van der Waals surface area (Å²) in [6.45, 7) is 5.09. The van der Waals surface area contributed by atoms with Crippen molar-refractivity contribution in [3.05, 3.63) is 59.7 Å². The Morgan fingerprint density at radius 1 is 1.08 bits per heavy atom. The van der Waals surface area contributed by atoms with E-state index in [0.717, 1.165) is 30.1 Å². The zero-order valence-corrected chi connectivity index (χ0v) is 14.7. The molecule has 2 aromatic carbocycles. The first-order valence-corrected chi connectivity index (χ1v) is 8.61. The van der Waals surface area contributed by atoms with E-state index >= 15 is 0 Å². The van der Waals surface area contributed by atoms with Crippen molar-refractivity contribution in [3.8, 4) is 5.75 Å². The molecule has 0 saturated carbocycles. The summed E-state index contributed by atoms with van der Waals surface area (Å²) < 4.78 is 10.6. The number of benzene rings is 2. The summed E-state index contributed by atoms with van der Waals surface area (Å²) in [5, 5.41) is 3.05. The molecule has 3 rings (SSSR count). The number of hydrogen-bond donors (Lipinski definition) is 2. The zero-order chi connectivity index (χ0) is 17.6. The standard InChI is InChI=1S/C20H24N2O3/c1-15-3-5-16(6-4-15)19(22-11-13-25-14-12-22)20(23)21-17-7-9-18(24-2)10-8-17/h3-10,19H,11-14H2,1-2H3,(H,21,23)/p+1. The summed E-state index contributed by atoms with van der Waals surface area (Å²) in [5.74, 6) is 0.776. The van der Waals surface area contributed by atoms with Gasteiger partial charge in [-0.15, -0.1) is 0 Å². The highest BCUT2D eigenvalue weighted by molar-refractivity contribution is 5.94. The number of carbonyl (C=O) groups excluding carboxylic acids is 1. The molecule has 1 heterocycles. The lowest BCUT2D eigenvalue weighted by Gasteiger charge is -2.31. The predicted molar refractivity (Wildman–Crippen MR) is 97.1 cm³/mol. The number of quaternary nitrogens is 1. The van der Waals surface area contributed by atoms with Crippen LogP contribution in [0.4, 0.5) is 5.69 Å². The highest BCUT2D eigenvalue weighted by atomic mass is 16.5. The topological polar surface area (TPSA) is 52.0 Å². The Hall–Kier alpha value is -2.37. The van der Waals surface area contributed by atoms with Gasteiger partial charge in [-0.3, -0.25) is 4.79 Å². The molecule has 1 atom stereocenters. The largest absolute Gasteiger partial charge is 0.497 e. The van der Waals surface area contributed by atoms with Gasteiger partial charge in [0.1, 0.15) is 18.8 Å². The third kappa shape index (κ3) is 4.38. The molecular weight excluding hydrogens is 316 g/mol. The van der Waals surface area contributed by atoms with Gasteiger partial charge in [-0.1, -0.05) is 29.8 Å². The van der Waals surface area contributed by atoms with E-state index in [9.17, 15) is 4.79 Å². The lowest BCUT2D eigenvalue weighted by Crippen LogP contribution is -3.15. The molecule has 1 saturated heterocycles. The summed E-state index contributed by atoms with van der Waals surface area (Å²) in [6.07, 6.45) is 0. The van der Waals surface area contributed by atoms with Gasteiger partial charge in [0.05, 0.1) is 20.3 Å². The molecule has 1 aliphatic rings. The van der Waals surface area contributed by atoms with Gasteiger partial charge in [0, 0.05) is 11.3 Å². The molecule has 1 unspecified atom stereocenters. The minimum atomic E-state index is -0.244. The molecule has 1 amide bonds. The molecule has 1 fully saturated rings. The Bertz CT molecular complexity index is 692. The zero-order valence-electron chi connectivity index (χ0n) is 14.7. The van der Waals surface area contributed by atoms with Crippen molar-refractivity contribution >= 4 is 11.6 Å². The Labute approximate surface area is 148 Å². The summed E-state index contributed by atoms with van der Waals surface area (Å²) in [7, 11) is 1.63. The molecule has 5 nitrogen and oxygen atoms in total. The monoisotopic (exact) mass is 341 g/mol. The third-order valence-electron chi connectivity index (χ3n) is 4.57. The van der Waals surface area contributed by atoms with Crippen LogP contribution in [0.2, 0.25) is 0 Å². The Morgan fingerprint density at radius 3 is 2.32 bits per heavy atom. The number of amides is 1. The van der Waals surface area contributed by atoms with Gasteiger partial charge in [0.15, 0.2) is 6.04 Å². The van der Waals surface area contributed by atoms with Crippen molar-refractivity contribution in [1.29, 1.82) is 0 Å². The maximum absolute atomic E-state index is 13.0. The van der Waals surface area contributed by atoms with Crippen LogP contribution in [0.25, 0.3) is 0 Å². The molecule has 1 aliphatic heterocycles. The van der Waals surface area contributed by atoms with Crippen LogP contribution in [-0.4, -0.2) is 39.3 Å². The van der Waals surface area contributed by atoms with Crippen molar-refractivity contribution in [2.75, 3.05) is 38.7 Å². The van der Waals surface area contributed by atoms with E-state index in [2.05, 4.69) is 36.5 Å². The number of aryl methyl sites for hydroxylation is 1. The molecule has 2 aromatic rings. The molecule has 2 N–H and O–H groups in total. The molecule has 25 heavy (non-hydrogen) atoms. The summed E-state index contributed by atoms with van der Waals surface area (Å²) in [4.78, 5) is 14.3. The van der Waals surface area contributed by atoms with Crippen molar-refractivity contribution in [1.82, 2.24) is 0 Å². The Balaban J connectivity index is 1.81. The molecule has 5 heteroatoms. The maximum Gasteiger partial charge on any atom is 0.287 e. The smallest absolute Gasteiger partial charge is 0.287 e. The van der Waals surface area contributed by atoms with Gasteiger partial charge in [-0.25, -0.2) is 0 Å². The van der Waals surface area contributed by atoms with Crippen LogP contribution in [0.5, 0.6) is 5.75 Å². The number of anilines is 1. The van der Waals surface area contributed by atoms with Gasteiger partial charge < -0.3 is 19.7 Å². The molecule has 132 valence electrons. The first kappa shape index (κ1) is 17.5. The van der Waals surface area contributed by atoms with Gasteiger partial charge >= 0.3 is 0 Å². The second-order valence-corrected chi connectivity index (χ2v) is 6.33. The third-order valence-corrected chi connectivity index (χ3v) is 4.57. The highest BCUT2D eigenvalue weighted by Crippen LogP contribution is 2.18. The molecule has 0 radical (unpaired) electrons. The van der Waals surface area contributed by atoms with Crippen LogP contribution in [0.1, 0.15) is 17.2 Å². The van der Waals surface area contributed by atoms with Gasteiger partial charge in [-0.05, 0) is 31.2 Å². The second kappa shape index (κ2) is 8.14. The summed E-state index contributed by atoms with van der Waals surface area (Å²) in [6, 6.07) is 15.4. The van der Waals surface area contributed by atoms with E-state index in [1.807, 2.05) is 24.3 Å². The lowest BCUT2D eigenvalue weighted by molar-refractivity contribution is -0.929. The van der Waals surface area contributed by atoms with Crippen LogP contribution in [0.15, 0.2) is 48.5 Å². The Morgan fingerprint density at radius 2 is 1.72 bits per heavy atom. The average Bonchev–Trinajstić information content (AvgIpc) is 2.65. The highest BCUT2D eigenvalue weighted by Gasteiger charge is 2.32. The lowest BCUT2D eigenvalue weighted by atomic mass is 10.0. The minimum absolute atomic E-state index is 0.00548. The number of ether oxygens (including phenoxy) is 2. The molecule has 0 bridgehead atoms. The van der Waals surface area contributed by atoms with Crippen LogP contribution in [0, 0.1) is 6.92 Å². The number of hydrogen-bond acceptors (Lipinski definition) is 3. The van der Waals surface area contributed by atoms with Crippen molar-refractivity contribution < 1.29 is 19.2 Å². The molecule has 0 spiro atoms.